The third-order valence-electron chi connectivity index (χ3n) is 10.2. The van der Waals surface area contributed by atoms with E-state index >= 15 is 0 Å². The van der Waals surface area contributed by atoms with Gasteiger partial charge in [-0.1, -0.05) is 36.4 Å². The topological polar surface area (TPSA) is 121 Å². The Morgan fingerprint density at radius 2 is 1.80 bits per heavy atom. The minimum absolute atomic E-state index is 0.0951. The van der Waals surface area contributed by atoms with Gasteiger partial charge in [-0.15, -0.1) is 0 Å². The predicted molar refractivity (Wildman–Crippen MR) is 175 cm³/mol. The molecule has 0 saturated carbocycles. The van der Waals surface area contributed by atoms with Crippen LogP contribution in [-0.4, -0.2) is 99.6 Å². The number of carbonyl (C=O) groups is 2. The Kier molecular flexibility index (Phi) is 8.29. The van der Waals surface area contributed by atoms with E-state index in [2.05, 4.69) is 33.2 Å². The van der Waals surface area contributed by atoms with Gasteiger partial charge in [0.1, 0.15) is 12.1 Å². The second kappa shape index (κ2) is 12.5. The molecule has 4 aliphatic rings. The van der Waals surface area contributed by atoms with Gasteiger partial charge in [-0.3, -0.25) is 24.1 Å². The van der Waals surface area contributed by atoms with Crippen LogP contribution in [0.2, 0.25) is 0 Å². The molecule has 7 rings (SSSR count). The zero-order valence-corrected chi connectivity index (χ0v) is 26.7. The Labute approximate surface area is 269 Å². The second-order valence-electron chi connectivity index (χ2n) is 13.2. The summed E-state index contributed by atoms with van der Waals surface area (Å²) in [6.45, 7) is 6.88. The van der Waals surface area contributed by atoms with Crippen LogP contribution in [0.4, 0.5) is 5.82 Å². The maximum Gasteiger partial charge on any atom is 0.237 e. The van der Waals surface area contributed by atoms with Crippen molar-refractivity contribution in [3.05, 3.63) is 65.6 Å². The first kappa shape index (κ1) is 30.4. The number of ether oxygens (including phenoxy) is 1. The molecule has 6 heterocycles. The minimum Gasteiger partial charge on any atom is -0.381 e. The van der Waals surface area contributed by atoms with E-state index < -0.39 is 5.41 Å². The molecular weight excluding hydrogens is 580 g/mol. The molecule has 0 bridgehead atoms. The number of hydrogen-bond acceptors (Lipinski definition) is 8. The van der Waals surface area contributed by atoms with Crippen LogP contribution in [-0.2, 0) is 21.4 Å². The van der Waals surface area contributed by atoms with Crippen LogP contribution in [0.25, 0.3) is 17.0 Å². The molecule has 2 aromatic heterocycles. The van der Waals surface area contributed by atoms with Crippen molar-refractivity contribution in [2.45, 2.75) is 39.0 Å². The number of rotatable bonds is 7. The molecule has 11 nitrogen and oxygen atoms in total. The quantitative estimate of drug-likeness (QED) is 0.399. The number of anilines is 1. The molecule has 3 saturated heterocycles. The van der Waals surface area contributed by atoms with Gasteiger partial charge in [-0.25, -0.2) is 9.97 Å². The lowest BCUT2D eigenvalue weighted by Gasteiger charge is -2.29. The molecule has 4 aliphatic heterocycles. The van der Waals surface area contributed by atoms with Gasteiger partial charge in [-0.05, 0) is 68.3 Å². The van der Waals surface area contributed by atoms with Crippen molar-refractivity contribution in [2.24, 2.45) is 18.4 Å². The first-order valence-electron chi connectivity index (χ1n) is 16.4. The van der Waals surface area contributed by atoms with Gasteiger partial charge in [-0.2, -0.15) is 5.10 Å². The number of nitrogens with one attached hydrogen (secondary N) is 1. The van der Waals surface area contributed by atoms with Crippen molar-refractivity contribution in [2.75, 3.05) is 57.4 Å². The number of amides is 2. The van der Waals surface area contributed by atoms with E-state index in [0.717, 1.165) is 55.3 Å². The van der Waals surface area contributed by atoms with Gasteiger partial charge < -0.3 is 15.0 Å². The van der Waals surface area contributed by atoms with Crippen molar-refractivity contribution in [1.29, 1.82) is 5.41 Å². The molecule has 0 radical (unpaired) electrons. The van der Waals surface area contributed by atoms with E-state index in [1.54, 1.807) is 11.0 Å². The molecule has 1 spiro atoms. The predicted octanol–water partition coefficient (Wildman–Crippen LogP) is 3.72. The average molecular weight is 623 g/mol. The van der Waals surface area contributed by atoms with E-state index in [-0.39, 0.29) is 17.7 Å². The van der Waals surface area contributed by atoms with E-state index in [0.29, 0.717) is 69.0 Å². The highest BCUT2D eigenvalue weighted by Gasteiger charge is 2.51. The Balaban J connectivity index is 0.946. The lowest BCUT2D eigenvalue weighted by atomic mass is 9.85. The fraction of sp³-hybridized carbons (Fsp3) is 0.486. The maximum absolute atomic E-state index is 13.9. The summed E-state index contributed by atoms with van der Waals surface area (Å²) in [5.74, 6) is 1.69. The first-order valence-corrected chi connectivity index (χ1v) is 16.4. The Morgan fingerprint density at radius 1 is 1.04 bits per heavy atom. The molecule has 1 N–H and O–H groups in total. The van der Waals surface area contributed by atoms with Crippen LogP contribution in [0, 0.1) is 23.7 Å². The van der Waals surface area contributed by atoms with Crippen LogP contribution in [0.15, 0.2) is 48.8 Å². The third kappa shape index (κ3) is 5.89. The van der Waals surface area contributed by atoms with Crippen molar-refractivity contribution >= 4 is 28.9 Å². The molecule has 11 heteroatoms. The summed E-state index contributed by atoms with van der Waals surface area (Å²) in [4.78, 5) is 42.3. The molecule has 0 aliphatic carbocycles. The summed E-state index contributed by atoms with van der Waals surface area (Å²) >= 11 is 0. The van der Waals surface area contributed by atoms with Gasteiger partial charge in [0.05, 0.1) is 23.4 Å². The monoisotopic (exact) mass is 622 g/mol. The molecule has 1 aromatic carbocycles. The summed E-state index contributed by atoms with van der Waals surface area (Å²) in [6.07, 6.45) is 7.83. The van der Waals surface area contributed by atoms with Crippen LogP contribution in [0.3, 0.4) is 0 Å². The first-order chi connectivity index (χ1) is 22.3. The lowest BCUT2D eigenvalue weighted by Crippen LogP contribution is -2.43. The zero-order valence-electron chi connectivity index (χ0n) is 26.7. The van der Waals surface area contributed by atoms with E-state index in [9.17, 15) is 9.59 Å². The molecule has 3 aromatic rings. The minimum atomic E-state index is -0.479. The number of hydrogen-bond donors (Lipinski definition) is 1. The number of nitrogens with zero attached hydrogens (tertiary/aromatic N) is 7. The van der Waals surface area contributed by atoms with Crippen LogP contribution in [0.5, 0.6) is 0 Å². The third-order valence-corrected chi connectivity index (χ3v) is 10.2. The SMILES string of the molecule is Cc1ccc(N2CC[C@]3(CCN(CC(=O)N4CC=C(c5ccc(-c6ncn(C)n6)cc5)CC4)C3)C2=O)nc1C(=N)C1CCOCC1. The fourth-order valence-corrected chi connectivity index (χ4v) is 7.39. The van der Waals surface area contributed by atoms with Crippen molar-refractivity contribution in [3.63, 3.8) is 0 Å². The van der Waals surface area contributed by atoms with E-state index in [4.69, 9.17) is 15.1 Å². The standard InChI is InChI=1S/C35H42N8O3/c1-24-3-8-29(38-32(24)31(36)27-11-19-46-20-12-27)43-18-14-35(34(43)45)13-17-41(22-35)21-30(44)42-15-9-26(10-16-42)25-4-6-28(7-5-25)33-37-23-40(2)39-33/h3-9,23,27,36H,10-22H2,1-2H3/t35-/m0/s1. The zero-order chi connectivity index (χ0) is 31.8. The highest BCUT2D eigenvalue weighted by atomic mass is 16.5. The van der Waals surface area contributed by atoms with Crippen molar-refractivity contribution < 1.29 is 14.3 Å². The largest absolute Gasteiger partial charge is 0.381 e. The Hall–Kier alpha value is -4.22. The Morgan fingerprint density at radius 3 is 2.52 bits per heavy atom. The number of likely N-dealkylation sites (tertiary alicyclic amines) is 1. The summed E-state index contributed by atoms with van der Waals surface area (Å²) in [6, 6.07) is 12.2. The van der Waals surface area contributed by atoms with Gasteiger partial charge in [0.15, 0.2) is 5.82 Å². The van der Waals surface area contributed by atoms with Gasteiger partial charge in [0.2, 0.25) is 11.8 Å². The average Bonchev–Trinajstić information content (AvgIpc) is 3.80. The second-order valence-corrected chi connectivity index (χ2v) is 13.2. The van der Waals surface area contributed by atoms with Gasteiger partial charge in [0, 0.05) is 57.9 Å². The molecule has 3 fully saturated rings. The van der Waals surface area contributed by atoms with E-state index in [1.165, 1.54) is 5.57 Å². The molecule has 0 unspecified atom stereocenters. The maximum atomic E-state index is 13.9. The molecular formula is C35H42N8O3. The Bertz CT molecular complexity index is 1670. The number of benzene rings is 1. The summed E-state index contributed by atoms with van der Waals surface area (Å²) < 4.78 is 7.18. The highest BCUT2D eigenvalue weighted by Crippen LogP contribution is 2.42. The molecule has 2 amide bonds. The molecule has 46 heavy (non-hydrogen) atoms. The normalized spacial score (nSPS) is 22.6. The smallest absolute Gasteiger partial charge is 0.237 e. The van der Waals surface area contributed by atoms with Crippen molar-refractivity contribution in [1.82, 2.24) is 29.5 Å². The van der Waals surface area contributed by atoms with Crippen LogP contribution in [0.1, 0.15) is 48.9 Å². The number of pyridine rings is 1. The fourth-order valence-electron chi connectivity index (χ4n) is 7.39. The summed E-state index contributed by atoms with van der Waals surface area (Å²) in [5, 5.41) is 13.2. The summed E-state index contributed by atoms with van der Waals surface area (Å²) in [5.41, 5.74) is 5.11. The van der Waals surface area contributed by atoms with Gasteiger partial charge in [0.25, 0.3) is 0 Å². The number of carbonyl (C=O) groups excluding carboxylic acids is 2. The molecule has 240 valence electrons. The highest BCUT2D eigenvalue weighted by molar-refractivity contribution is 6.02. The van der Waals surface area contributed by atoms with E-state index in [1.807, 2.05) is 48.0 Å². The number of aromatic nitrogens is 4. The van der Waals surface area contributed by atoms with Crippen LogP contribution < -0.4 is 4.90 Å². The number of aryl methyl sites for hydroxylation is 2. The van der Waals surface area contributed by atoms with Crippen LogP contribution >= 0.6 is 0 Å². The molecule has 1 atom stereocenters. The van der Waals surface area contributed by atoms with Gasteiger partial charge >= 0.3 is 0 Å². The summed E-state index contributed by atoms with van der Waals surface area (Å²) in [7, 11) is 1.86. The van der Waals surface area contributed by atoms with Crippen molar-refractivity contribution in [3.8, 4) is 11.4 Å². The lowest BCUT2D eigenvalue weighted by molar-refractivity contribution is -0.132.